The van der Waals surface area contributed by atoms with Gasteiger partial charge in [0.25, 0.3) is 0 Å². The zero-order valence-electron chi connectivity index (χ0n) is 6.71. The molecule has 0 unspecified atom stereocenters. The second-order valence-corrected chi connectivity index (χ2v) is 3.71. The lowest BCUT2D eigenvalue weighted by atomic mass is 10.2. The van der Waals surface area contributed by atoms with E-state index in [1.165, 1.54) is 11.3 Å². The van der Waals surface area contributed by atoms with Crippen LogP contribution in [0.15, 0.2) is 17.5 Å². The van der Waals surface area contributed by atoms with Gasteiger partial charge in [-0.05, 0) is 24.3 Å². The first-order chi connectivity index (χ1) is 6.00. The molecule has 0 saturated carbocycles. The molecule has 1 heterocycles. The maximum absolute atomic E-state index is 11.8. The van der Waals surface area contributed by atoms with E-state index in [0.29, 0.717) is 0 Å². The number of aryl methyl sites for hydroxylation is 1. The summed E-state index contributed by atoms with van der Waals surface area (Å²) in [5.41, 5.74) is 0. The van der Waals surface area contributed by atoms with Crippen molar-refractivity contribution in [3.05, 3.63) is 22.4 Å². The highest BCUT2D eigenvalue weighted by Gasteiger charge is 2.37. The fraction of sp³-hybridized carbons (Fsp3) is 0.500. The zero-order valence-corrected chi connectivity index (χ0v) is 7.53. The smallest absolute Gasteiger partial charge is 0.384 e. The third-order valence-electron chi connectivity index (χ3n) is 1.62. The standard InChI is InChI=1S/C8H9F3OS/c9-8(10,11)7(12)4-3-6-2-1-5-13-6/h1-2,5,7,12H,3-4H2/t7-/m0/s1. The van der Waals surface area contributed by atoms with Crippen LogP contribution in [0.1, 0.15) is 11.3 Å². The van der Waals surface area contributed by atoms with Crippen molar-refractivity contribution < 1.29 is 18.3 Å². The fourth-order valence-electron chi connectivity index (χ4n) is 0.897. The van der Waals surface area contributed by atoms with Crippen LogP contribution in [0.3, 0.4) is 0 Å². The molecule has 1 aromatic heterocycles. The Morgan fingerprint density at radius 1 is 1.46 bits per heavy atom. The van der Waals surface area contributed by atoms with Gasteiger partial charge in [-0.25, -0.2) is 0 Å². The largest absolute Gasteiger partial charge is 0.414 e. The third kappa shape index (κ3) is 3.36. The van der Waals surface area contributed by atoms with E-state index in [9.17, 15) is 13.2 Å². The fourth-order valence-corrected chi connectivity index (χ4v) is 1.62. The second kappa shape index (κ2) is 4.11. The Morgan fingerprint density at radius 3 is 2.62 bits per heavy atom. The van der Waals surface area contributed by atoms with Gasteiger partial charge in [-0.15, -0.1) is 11.3 Å². The Kier molecular flexibility index (Phi) is 3.33. The molecule has 0 aromatic carbocycles. The second-order valence-electron chi connectivity index (χ2n) is 2.68. The van der Waals surface area contributed by atoms with Crippen molar-refractivity contribution in [1.29, 1.82) is 0 Å². The topological polar surface area (TPSA) is 20.2 Å². The summed E-state index contributed by atoms with van der Waals surface area (Å²) in [5, 5.41) is 10.5. The van der Waals surface area contributed by atoms with Gasteiger partial charge in [0.15, 0.2) is 0 Å². The van der Waals surface area contributed by atoms with E-state index in [1.807, 2.05) is 0 Å². The van der Waals surface area contributed by atoms with Crippen molar-refractivity contribution in [2.45, 2.75) is 25.1 Å². The van der Waals surface area contributed by atoms with E-state index in [1.54, 1.807) is 17.5 Å². The summed E-state index contributed by atoms with van der Waals surface area (Å²) in [7, 11) is 0. The van der Waals surface area contributed by atoms with E-state index >= 15 is 0 Å². The number of halogens is 3. The minimum absolute atomic E-state index is 0.260. The molecule has 1 rings (SSSR count). The molecule has 13 heavy (non-hydrogen) atoms. The van der Waals surface area contributed by atoms with Crippen LogP contribution in [0.4, 0.5) is 13.2 Å². The molecule has 1 nitrogen and oxygen atoms in total. The van der Waals surface area contributed by atoms with Crippen LogP contribution in [-0.2, 0) is 6.42 Å². The molecular weight excluding hydrogens is 201 g/mol. The number of hydrogen-bond acceptors (Lipinski definition) is 2. The quantitative estimate of drug-likeness (QED) is 0.813. The number of hydrogen-bond donors (Lipinski definition) is 1. The van der Waals surface area contributed by atoms with Crippen molar-refractivity contribution in [3.8, 4) is 0 Å². The highest BCUT2D eigenvalue weighted by molar-refractivity contribution is 7.09. The maximum atomic E-state index is 11.8. The van der Waals surface area contributed by atoms with Gasteiger partial charge in [-0.3, -0.25) is 0 Å². The van der Waals surface area contributed by atoms with E-state index < -0.39 is 12.3 Å². The van der Waals surface area contributed by atoms with Gasteiger partial charge in [0, 0.05) is 4.88 Å². The minimum atomic E-state index is -4.49. The Hall–Kier alpha value is -0.550. The summed E-state index contributed by atoms with van der Waals surface area (Å²) < 4.78 is 35.5. The first-order valence-corrected chi connectivity index (χ1v) is 4.65. The van der Waals surface area contributed by atoms with E-state index in [0.717, 1.165) is 4.88 Å². The van der Waals surface area contributed by atoms with Gasteiger partial charge in [0.1, 0.15) is 6.10 Å². The first kappa shape index (κ1) is 10.5. The predicted molar refractivity (Wildman–Crippen MR) is 44.7 cm³/mol. The molecule has 0 radical (unpaired) electrons. The summed E-state index contributed by atoms with van der Waals surface area (Å²) in [6, 6.07) is 3.54. The average Bonchev–Trinajstić information content (AvgIpc) is 2.50. The molecule has 0 aliphatic rings. The molecule has 1 aromatic rings. The van der Waals surface area contributed by atoms with Crippen LogP contribution >= 0.6 is 11.3 Å². The van der Waals surface area contributed by atoms with Gasteiger partial charge < -0.3 is 5.11 Å². The number of aliphatic hydroxyl groups excluding tert-OH is 1. The van der Waals surface area contributed by atoms with Crippen LogP contribution < -0.4 is 0 Å². The van der Waals surface area contributed by atoms with Crippen LogP contribution in [0.5, 0.6) is 0 Å². The molecule has 1 atom stereocenters. The van der Waals surface area contributed by atoms with Crippen molar-refractivity contribution in [2.75, 3.05) is 0 Å². The van der Waals surface area contributed by atoms with Gasteiger partial charge in [0.05, 0.1) is 0 Å². The molecular formula is C8H9F3OS. The minimum Gasteiger partial charge on any atom is -0.384 e. The normalized spacial score (nSPS) is 14.5. The van der Waals surface area contributed by atoms with E-state index in [-0.39, 0.29) is 12.8 Å². The maximum Gasteiger partial charge on any atom is 0.414 e. The summed E-state index contributed by atoms with van der Waals surface area (Å²) in [4.78, 5) is 0.864. The van der Waals surface area contributed by atoms with Crippen molar-refractivity contribution in [3.63, 3.8) is 0 Å². The summed E-state index contributed by atoms with van der Waals surface area (Å²) >= 11 is 1.40. The molecule has 0 bridgehead atoms. The highest BCUT2D eigenvalue weighted by Crippen LogP contribution is 2.24. The van der Waals surface area contributed by atoms with Crippen molar-refractivity contribution >= 4 is 11.3 Å². The van der Waals surface area contributed by atoms with Crippen LogP contribution in [0, 0.1) is 0 Å². The number of rotatable bonds is 3. The van der Waals surface area contributed by atoms with Gasteiger partial charge in [-0.2, -0.15) is 13.2 Å². The SMILES string of the molecule is O[C@@H](CCc1cccs1)C(F)(F)F. The first-order valence-electron chi connectivity index (χ1n) is 3.77. The Bertz CT molecular complexity index is 242. The lowest BCUT2D eigenvalue weighted by Crippen LogP contribution is -2.28. The van der Waals surface area contributed by atoms with E-state index in [4.69, 9.17) is 5.11 Å². The molecule has 0 aliphatic carbocycles. The monoisotopic (exact) mass is 210 g/mol. The number of alkyl halides is 3. The lowest BCUT2D eigenvalue weighted by molar-refractivity contribution is -0.205. The Morgan fingerprint density at radius 2 is 2.15 bits per heavy atom. The molecule has 0 spiro atoms. The lowest BCUT2D eigenvalue weighted by Gasteiger charge is -2.13. The molecule has 0 amide bonds. The van der Waals surface area contributed by atoms with Gasteiger partial charge in [-0.1, -0.05) is 6.07 Å². The summed E-state index contributed by atoms with van der Waals surface area (Å²) in [6.45, 7) is 0. The summed E-state index contributed by atoms with van der Waals surface area (Å²) in [6.07, 6.45) is -6.67. The van der Waals surface area contributed by atoms with Gasteiger partial charge in [0.2, 0.25) is 0 Å². The molecule has 0 fully saturated rings. The van der Waals surface area contributed by atoms with Crippen molar-refractivity contribution in [2.24, 2.45) is 0 Å². The molecule has 0 saturated heterocycles. The summed E-state index contributed by atoms with van der Waals surface area (Å²) in [5.74, 6) is 0. The zero-order chi connectivity index (χ0) is 9.90. The van der Waals surface area contributed by atoms with Gasteiger partial charge >= 0.3 is 6.18 Å². The predicted octanol–water partition coefficient (Wildman–Crippen LogP) is 2.60. The van der Waals surface area contributed by atoms with Crippen LogP contribution in [-0.4, -0.2) is 17.4 Å². The highest BCUT2D eigenvalue weighted by atomic mass is 32.1. The van der Waals surface area contributed by atoms with Crippen LogP contribution in [0.25, 0.3) is 0 Å². The molecule has 1 N–H and O–H groups in total. The molecule has 5 heteroatoms. The molecule has 0 aliphatic heterocycles. The van der Waals surface area contributed by atoms with E-state index in [2.05, 4.69) is 0 Å². The van der Waals surface area contributed by atoms with Crippen molar-refractivity contribution in [1.82, 2.24) is 0 Å². The Balaban J connectivity index is 2.35. The van der Waals surface area contributed by atoms with Crippen LogP contribution in [0.2, 0.25) is 0 Å². The number of aliphatic hydroxyl groups is 1. The number of thiophene rings is 1. The third-order valence-corrected chi connectivity index (χ3v) is 2.56. The molecule has 74 valence electrons. The Labute approximate surface area is 77.8 Å². The average molecular weight is 210 g/mol.